The van der Waals surface area contributed by atoms with Crippen LogP contribution in [-0.4, -0.2) is 62.0 Å². The summed E-state index contributed by atoms with van der Waals surface area (Å²) in [6.07, 6.45) is -4.91. The zero-order chi connectivity index (χ0) is 21.6. The van der Waals surface area contributed by atoms with Gasteiger partial charge in [-0.05, 0) is 30.7 Å². The number of phenols is 2. The van der Waals surface area contributed by atoms with Gasteiger partial charge in [0.05, 0.1) is 6.10 Å². The average molecular weight is 416 g/mol. The van der Waals surface area contributed by atoms with E-state index in [9.17, 15) is 30.3 Å². The van der Waals surface area contributed by atoms with Crippen LogP contribution in [0, 0.1) is 0 Å². The zero-order valence-electron chi connectivity index (χ0n) is 15.8. The minimum Gasteiger partial charge on any atom is -0.508 e. The summed E-state index contributed by atoms with van der Waals surface area (Å²) in [5, 5.41) is 49.4. The van der Waals surface area contributed by atoms with Gasteiger partial charge in [0.15, 0.2) is 5.76 Å². The van der Waals surface area contributed by atoms with Crippen LogP contribution < -0.4 is 9.47 Å². The Bertz CT molecular complexity index is 998. The maximum Gasteiger partial charge on any atom is 0.235 e. The number of phenolic OH excluding ortho intramolecular Hbond substituents is 2. The number of carbonyl (C=O) groups excluding carboxylic acids is 1. The highest BCUT2D eigenvalue weighted by Gasteiger charge is 2.43. The van der Waals surface area contributed by atoms with Crippen LogP contribution in [0.3, 0.4) is 0 Å². The Morgan fingerprint density at radius 3 is 2.40 bits per heavy atom. The van der Waals surface area contributed by atoms with Crippen LogP contribution >= 0.6 is 0 Å². The second-order valence-corrected chi connectivity index (χ2v) is 7.15. The largest absolute Gasteiger partial charge is 0.508 e. The molecular formula is C21H20O9. The van der Waals surface area contributed by atoms with Crippen LogP contribution in [0.25, 0.3) is 6.08 Å². The standard InChI is InChI=1S/C21H20O9/c1-9-17(24)19(26)20(27)21(28-9)29-12-7-13(23)16-14(8-12)30-15(18(16)25)6-10-2-4-11(22)5-3-10/h2-9,17,19-24,26-27H,1H3/b15-6-/t9-,17-,19-,20+,21-/m0/s1. The van der Waals surface area contributed by atoms with E-state index in [1.807, 2.05) is 0 Å². The van der Waals surface area contributed by atoms with Crippen molar-refractivity contribution in [3.05, 3.63) is 53.3 Å². The fourth-order valence-corrected chi connectivity index (χ4v) is 3.30. The molecule has 2 aromatic carbocycles. The number of ether oxygens (including phenoxy) is 3. The molecular weight excluding hydrogens is 396 g/mol. The molecule has 158 valence electrons. The highest BCUT2D eigenvalue weighted by Crippen LogP contribution is 2.41. The van der Waals surface area contributed by atoms with Gasteiger partial charge in [-0.2, -0.15) is 0 Å². The van der Waals surface area contributed by atoms with Crippen molar-refractivity contribution in [3.63, 3.8) is 0 Å². The van der Waals surface area contributed by atoms with Crippen LogP contribution in [-0.2, 0) is 4.74 Å². The first-order valence-electron chi connectivity index (χ1n) is 9.21. The zero-order valence-corrected chi connectivity index (χ0v) is 15.8. The van der Waals surface area contributed by atoms with Crippen molar-refractivity contribution in [2.45, 2.75) is 37.6 Å². The number of aliphatic hydroxyl groups is 3. The Hall–Kier alpha value is -3.11. The van der Waals surface area contributed by atoms with Gasteiger partial charge >= 0.3 is 0 Å². The number of aliphatic hydroxyl groups excluding tert-OH is 3. The number of allylic oxidation sites excluding steroid dienone is 1. The third-order valence-corrected chi connectivity index (χ3v) is 4.98. The number of hydrogen-bond donors (Lipinski definition) is 5. The topological polar surface area (TPSA) is 146 Å². The summed E-state index contributed by atoms with van der Waals surface area (Å²) in [4.78, 5) is 12.6. The van der Waals surface area contributed by atoms with Crippen molar-refractivity contribution >= 4 is 11.9 Å². The van der Waals surface area contributed by atoms with E-state index in [2.05, 4.69) is 0 Å². The Balaban J connectivity index is 1.58. The molecule has 2 heterocycles. The third kappa shape index (κ3) is 3.59. The highest BCUT2D eigenvalue weighted by atomic mass is 16.7. The number of ketones is 1. The van der Waals surface area contributed by atoms with Gasteiger partial charge in [-0.3, -0.25) is 4.79 Å². The van der Waals surface area contributed by atoms with E-state index >= 15 is 0 Å². The predicted octanol–water partition coefficient (Wildman–Crippen LogP) is 0.920. The number of hydrogen-bond acceptors (Lipinski definition) is 9. The molecule has 0 bridgehead atoms. The van der Waals surface area contributed by atoms with Crippen molar-refractivity contribution in [1.82, 2.24) is 0 Å². The average Bonchev–Trinajstić information content (AvgIpc) is 3.02. The Labute approximate surface area is 171 Å². The summed E-state index contributed by atoms with van der Waals surface area (Å²) >= 11 is 0. The number of benzene rings is 2. The molecule has 5 N–H and O–H groups in total. The molecule has 0 spiro atoms. The van der Waals surface area contributed by atoms with Gasteiger partial charge in [-0.15, -0.1) is 0 Å². The van der Waals surface area contributed by atoms with Crippen molar-refractivity contribution in [1.29, 1.82) is 0 Å². The molecule has 1 saturated heterocycles. The lowest BCUT2D eigenvalue weighted by molar-refractivity contribution is -0.268. The monoisotopic (exact) mass is 416 g/mol. The van der Waals surface area contributed by atoms with Crippen molar-refractivity contribution in [3.8, 4) is 23.0 Å². The van der Waals surface area contributed by atoms with E-state index in [4.69, 9.17) is 14.2 Å². The minimum atomic E-state index is -1.53. The SMILES string of the molecule is C[C@@H]1O[C@@H](Oc2cc(O)c3c(c2)O/C(=C\c2ccc(O)cc2)C3=O)[C@H](O)[C@@H](O)[C@H]1O. The Morgan fingerprint density at radius 1 is 1.00 bits per heavy atom. The van der Waals surface area contributed by atoms with Gasteiger partial charge in [-0.25, -0.2) is 0 Å². The summed E-state index contributed by atoms with van der Waals surface area (Å²) in [5.74, 6) is -0.769. The molecule has 30 heavy (non-hydrogen) atoms. The van der Waals surface area contributed by atoms with Crippen LogP contribution in [0.4, 0.5) is 0 Å². The minimum absolute atomic E-state index is 0.0238. The lowest BCUT2D eigenvalue weighted by Gasteiger charge is -2.38. The molecule has 0 aromatic heterocycles. The van der Waals surface area contributed by atoms with Gasteiger partial charge in [-0.1, -0.05) is 12.1 Å². The highest BCUT2D eigenvalue weighted by molar-refractivity contribution is 6.16. The Kier molecular flexibility index (Phi) is 5.12. The van der Waals surface area contributed by atoms with Crippen LogP contribution in [0.15, 0.2) is 42.2 Å². The van der Waals surface area contributed by atoms with Crippen molar-refractivity contribution in [2.75, 3.05) is 0 Å². The molecule has 9 nitrogen and oxygen atoms in total. The fraction of sp³-hybridized carbons (Fsp3) is 0.286. The lowest BCUT2D eigenvalue weighted by Crippen LogP contribution is -2.58. The number of rotatable bonds is 3. The van der Waals surface area contributed by atoms with Crippen molar-refractivity contribution < 1.29 is 44.5 Å². The normalized spacial score (nSPS) is 29.5. The molecule has 2 aliphatic rings. The summed E-state index contributed by atoms with van der Waals surface area (Å²) in [5.41, 5.74) is 0.571. The van der Waals surface area contributed by atoms with E-state index in [-0.39, 0.29) is 34.3 Å². The molecule has 9 heteroatoms. The van der Waals surface area contributed by atoms with Crippen LogP contribution in [0.2, 0.25) is 0 Å². The maximum atomic E-state index is 12.6. The van der Waals surface area contributed by atoms with Gasteiger partial charge in [0.25, 0.3) is 0 Å². The van der Waals surface area contributed by atoms with Gasteiger partial charge in [0, 0.05) is 12.1 Å². The first-order chi connectivity index (χ1) is 14.2. The maximum absolute atomic E-state index is 12.6. The molecule has 0 saturated carbocycles. The molecule has 0 unspecified atom stereocenters. The third-order valence-electron chi connectivity index (χ3n) is 4.98. The quantitative estimate of drug-likeness (QED) is 0.461. The molecule has 2 aromatic rings. The van der Waals surface area contributed by atoms with E-state index in [1.54, 1.807) is 12.1 Å². The number of aromatic hydroxyl groups is 2. The van der Waals surface area contributed by atoms with Gasteiger partial charge in [0.2, 0.25) is 12.1 Å². The molecule has 5 atom stereocenters. The van der Waals surface area contributed by atoms with Crippen LogP contribution in [0.5, 0.6) is 23.0 Å². The lowest BCUT2D eigenvalue weighted by atomic mass is 10.00. The smallest absolute Gasteiger partial charge is 0.235 e. The van der Waals surface area contributed by atoms with Gasteiger partial charge in [0.1, 0.15) is 46.9 Å². The predicted molar refractivity (Wildman–Crippen MR) is 102 cm³/mol. The van der Waals surface area contributed by atoms with Crippen LogP contribution in [0.1, 0.15) is 22.8 Å². The summed E-state index contributed by atoms with van der Waals surface area (Å²) in [6.45, 7) is 1.51. The van der Waals surface area contributed by atoms with E-state index in [0.717, 1.165) is 0 Å². The molecule has 0 radical (unpaired) electrons. The molecule has 0 aliphatic carbocycles. The van der Waals surface area contributed by atoms with E-state index < -0.39 is 36.5 Å². The van der Waals surface area contributed by atoms with E-state index in [1.165, 1.54) is 37.3 Å². The summed E-state index contributed by atoms with van der Waals surface area (Å²) in [7, 11) is 0. The molecule has 1 fully saturated rings. The molecule has 0 amide bonds. The fourth-order valence-electron chi connectivity index (χ4n) is 3.30. The second-order valence-electron chi connectivity index (χ2n) is 7.15. The first-order valence-corrected chi connectivity index (χ1v) is 9.21. The number of Topliss-reactive ketones (excluding diaryl/α,β-unsaturated/α-hetero) is 1. The second kappa shape index (κ2) is 7.62. The summed E-state index contributed by atoms with van der Waals surface area (Å²) < 4.78 is 16.5. The van der Waals surface area contributed by atoms with Crippen molar-refractivity contribution in [2.24, 2.45) is 0 Å². The summed E-state index contributed by atoms with van der Waals surface area (Å²) in [6, 6.07) is 8.64. The first kappa shape index (κ1) is 20.2. The number of carbonyl (C=O) groups is 1. The molecule has 2 aliphatic heterocycles. The molecule has 4 rings (SSSR count). The number of fused-ring (bicyclic) bond motifs is 1. The Morgan fingerprint density at radius 2 is 1.70 bits per heavy atom. The van der Waals surface area contributed by atoms with E-state index in [0.29, 0.717) is 5.56 Å². The van der Waals surface area contributed by atoms with Gasteiger partial charge < -0.3 is 39.7 Å².